The number of nitro benzene ring substituents is 1. The normalized spacial score (nSPS) is 13.2. The average molecular weight is 462 g/mol. The summed E-state index contributed by atoms with van der Waals surface area (Å²) in [5, 5.41) is 21.3. The van der Waals surface area contributed by atoms with Crippen LogP contribution in [0.5, 0.6) is 5.75 Å². The third-order valence-electron chi connectivity index (χ3n) is 4.47. The predicted octanol–water partition coefficient (Wildman–Crippen LogP) is 5.67. The lowest BCUT2D eigenvalue weighted by atomic mass is 10.1. The van der Waals surface area contributed by atoms with E-state index in [2.05, 4.69) is 10.2 Å². The van der Waals surface area contributed by atoms with E-state index in [1.165, 1.54) is 35.2 Å². The molecule has 2 aromatic heterocycles. The number of hydrogen-bond acceptors (Lipinski definition) is 9. The Hall–Kier alpha value is -2.66. The maximum Gasteiger partial charge on any atom is 0.277 e. The molecule has 11 heteroatoms. The smallest absolute Gasteiger partial charge is 0.277 e. The Labute approximate surface area is 182 Å². The van der Waals surface area contributed by atoms with Gasteiger partial charge >= 0.3 is 0 Å². The molecule has 5 rings (SSSR count). The molecule has 1 aliphatic rings. The van der Waals surface area contributed by atoms with Crippen LogP contribution in [-0.2, 0) is 17.1 Å². The number of nitro groups is 1. The molecule has 1 aliphatic heterocycles. The standard InChI is InChI=1S/C19H12ClN3O5S2/c20-15-13-3-1-2-4-14(13)30-17(15)18-21-22-19(28-18)29-8-11-6-12(23(24)25)5-10-7-26-9-27-16(10)11/h1-6H,7-9H2. The lowest BCUT2D eigenvalue weighted by molar-refractivity contribution is -0.385. The van der Waals surface area contributed by atoms with Crippen LogP contribution in [0.25, 0.3) is 20.9 Å². The van der Waals surface area contributed by atoms with Crippen molar-refractivity contribution in [3.05, 3.63) is 62.7 Å². The highest BCUT2D eigenvalue weighted by atomic mass is 35.5. The molecule has 30 heavy (non-hydrogen) atoms. The Bertz CT molecular complexity index is 1270. The van der Waals surface area contributed by atoms with Crippen LogP contribution in [0, 0.1) is 10.1 Å². The summed E-state index contributed by atoms with van der Waals surface area (Å²) in [5.41, 5.74) is 1.31. The molecule has 0 fully saturated rings. The van der Waals surface area contributed by atoms with Crippen LogP contribution < -0.4 is 4.74 Å². The van der Waals surface area contributed by atoms with Gasteiger partial charge in [0, 0.05) is 39.1 Å². The number of rotatable bonds is 5. The highest BCUT2D eigenvalue weighted by Crippen LogP contribution is 2.42. The summed E-state index contributed by atoms with van der Waals surface area (Å²) >= 11 is 9.24. The van der Waals surface area contributed by atoms with Gasteiger partial charge in [-0.2, -0.15) is 0 Å². The van der Waals surface area contributed by atoms with Gasteiger partial charge < -0.3 is 13.9 Å². The van der Waals surface area contributed by atoms with Gasteiger partial charge in [0.1, 0.15) is 10.6 Å². The van der Waals surface area contributed by atoms with Crippen molar-refractivity contribution in [2.75, 3.05) is 6.79 Å². The van der Waals surface area contributed by atoms with Crippen LogP contribution >= 0.6 is 34.7 Å². The minimum Gasteiger partial charge on any atom is -0.467 e. The van der Waals surface area contributed by atoms with Gasteiger partial charge in [0.2, 0.25) is 0 Å². The Morgan fingerprint density at radius 2 is 2.13 bits per heavy atom. The van der Waals surface area contributed by atoms with Crippen LogP contribution in [0.4, 0.5) is 5.69 Å². The van der Waals surface area contributed by atoms with Crippen LogP contribution in [-0.4, -0.2) is 21.9 Å². The van der Waals surface area contributed by atoms with Gasteiger partial charge in [-0.15, -0.1) is 21.5 Å². The molecule has 0 amide bonds. The maximum absolute atomic E-state index is 11.2. The first-order valence-electron chi connectivity index (χ1n) is 8.74. The van der Waals surface area contributed by atoms with Crippen LogP contribution in [0.15, 0.2) is 46.0 Å². The van der Waals surface area contributed by atoms with Crippen molar-refractivity contribution in [2.24, 2.45) is 0 Å². The zero-order valence-corrected chi connectivity index (χ0v) is 17.6. The third kappa shape index (κ3) is 3.52. The average Bonchev–Trinajstić information content (AvgIpc) is 3.36. The lowest BCUT2D eigenvalue weighted by Crippen LogP contribution is -2.13. The lowest BCUT2D eigenvalue weighted by Gasteiger charge is -2.20. The van der Waals surface area contributed by atoms with Gasteiger partial charge in [-0.1, -0.05) is 41.6 Å². The number of ether oxygens (including phenoxy) is 2. The van der Waals surface area contributed by atoms with E-state index in [9.17, 15) is 10.1 Å². The van der Waals surface area contributed by atoms with Crippen LogP contribution in [0.2, 0.25) is 5.02 Å². The van der Waals surface area contributed by atoms with E-state index in [1.54, 1.807) is 0 Å². The van der Waals surface area contributed by atoms with E-state index in [-0.39, 0.29) is 19.1 Å². The topological polar surface area (TPSA) is 101 Å². The first-order valence-corrected chi connectivity index (χ1v) is 10.9. The second kappa shape index (κ2) is 7.88. The summed E-state index contributed by atoms with van der Waals surface area (Å²) in [5.74, 6) is 1.31. The Morgan fingerprint density at radius 3 is 2.97 bits per heavy atom. The molecule has 0 aliphatic carbocycles. The molecule has 0 N–H and O–H groups in total. The van der Waals surface area contributed by atoms with Crippen molar-refractivity contribution >= 4 is 50.5 Å². The molecular weight excluding hydrogens is 450 g/mol. The molecule has 0 atom stereocenters. The van der Waals surface area contributed by atoms with Crippen molar-refractivity contribution in [3.63, 3.8) is 0 Å². The van der Waals surface area contributed by atoms with Crippen LogP contribution in [0.1, 0.15) is 11.1 Å². The second-order valence-electron chi connectivity index (χ2n) is 6.36. The molecule has 2 aromatic carbocycles. The van der Waals surface area contributed by atoms with Gasteiger partial charge in [-0.3, -0.25) is 10.1 Å². The molecule has 152 valence electrons. The van der Waals surface area contributed by atoms with Gasteiger partial charge in [0.05, 0.1) is 16.6 Å². The number of thioether (sulfide) groups is 1. The predicted molar refractivity (Wildman–Crippen MR) is 113 cm³/mol. The minimum absolute atomic E-state index is 0.0123. The number of nitrogens with zero attached hydrogens (tertiary/aromatic N) is 3. The quantitative estimate of drug-likeness (QED) is 0.213. The third-order valence-corrected chi connectivity index (χ3v) is 7.00. The molecule has 3 heterocycles. The highest BCUT2D eigenvalue weighted by Gasteiger charge is 2.22. The monoisotopic (exact) mass is 461 g/mol. The van der Waals surface area contributed by atoms with Gasteiger partial charge in [-0.05, 0) is 6.07 Å². The first kappa shape index (κ1) is 19.3. The number of thiophene rings is 1. The molecule has 0 radical (unpaired) electrons. The van der Waals surface area contributed by atoms with Crippen molar-refractivity contribution in [2.45, 2.75) is 17.6 Å². The largest absolute Gasteiger partial charge is 0.467 e. The number of fused-ring (bicyclic) bond motifs is 2. The SMILES string of the molecule is O=[N+]([O-])c1cc2c(c(CSc3nnc(-c4sc5ccccc5c4Cl)o3)c1)OCOC2. The molecular formula is C19H12ClN3O5S2. The number of non-ortho nitro benzene ring substituents is 1. The van der Waals surface area contributed by atoms with Gasteiger partial charge in [0.15, 0.2) is 6.79 Å². The van der Waals surface area contributed by atoms with E-state index >= 15 is 0 Å². The molecule has 0 spiro atoms. The maximum atomic E-state index is 11.2. The summed E-state index contributed by atoms with van der Waals surface area (Å²) < 4.78 is 17.6. The van der Waals surface area contributed by atoms with Crippen molar-refractivity contribution in [1.29, 1.82) is 0 Å². The highest BCUT2D eigenvalue weighted by molar-refractivity contribution is 7.98. The van der Waals surface area contributed by atoms with E-state index in [1.807, 2.05) is 24.3 Å². The summed E-state index contributed by atoms with van der Waals surface area (Å²) in [7, 11) is 0. The van der Waals surface area contributed by atoms with E-state index in [0.717, 1.165) is 10.1 Å². The number of hydrogen-bond donors (Lipinski definition) is 0. The summed E-state index contributed by atoms with van der Waals surface area (Å²) in [6.07, 6.45) is 0. The molecule has 0 saturated heterocycles. The van der Waals surface area contributed by atoms with E-state index < -0.39 is 4.92 Å². The summed E-state index contributed by atoms with van der Waals surface area (Å²) in [4.78, 5) is 11.5. The van der Waals surface area contributed by atoms with Crippen LogP contribution in [0.3, 0.4) is 0 Å². The Kier molecular flexibility index (Phi) is 5.07. The molecule has 0 unspecified atom stereocenters. The van der Waals surface area contributed by atoms with Crippen molar-refractivity contribution in [1.82, 2.24) is 10.2 Å². The zero-order chi connectivity index (χ0) is 20.7. The van der Waals surface area contributed by atoms with E-state index in [0.29, 0.717) is 43.6 Å². The number of benzene rings is 2. The summed E-state index contributed by atoms with van der Waals surface area (Å²) in [6, 6.07) is 10.8. The summed E-state index contributed by atoms with van der Waals surface area (Å²) in [6.45, 7) is 0.376. The molecule has 4 aromatic rings. The zero-order valence-electron chi connectivity index (χ0n) is 15.2. The fourth-order valence-electron chi connectivity index (χ4n) is 3.14. The molecule has 0 saturated carbocycles. The molecule has 0 bridgehead atoms. The minimum atomic E-state index is -0.433. The van der Waals surface area contributed by atoms with E-state index in [4.69, 9.17) is 25.5 Å². The van der Waals surface area contributed by atoms with Gasteiger partial charge in [0.25, 0.3) is 16.8 Å². The second-order valence-corrected chi connectivity index (χ2v) is 8.72. The number of aromatic nitrogens is 2. The Balaban J connectivity index is 1.40. The fraction of sp³-hybridized carbons (Fsp3) is 0.158. The molecule has 8 nitrogen and oxygen atoms in total. The van der Waals surface area contributed by atoms with Crippen molar-refractivity contribution < 1.29 is 18.8 Å². The fourth-order valence-corrected chi connectivity index (χ4v) is 5.31. The van der Waals surface area contributed by atoms with Crippen molar-refractivity contribution in [3.8, 4) is 16.5 Å². The Morgan fingerprint density at radius 1 is 1.27 bits per heavy atom. The first-order chi connectivity index (χ1) is 14.6. The number of halogens is 1. The van der Waals surface area contributed by atoms with Gasteiger partial charge in [-0.25, -0.2) is 0 Å².